The number of amides is 1. The van der Waals surface area contributed by atoms with E-state index in [0.29, 0.717) is 28.5 Å². The van der Waals surface area contributed by atoms with Gasteiger partial charge in [-0.3, -0.25) is 4.79 Å². The van der Waals surface area contributed by atoms with E-state index in [1.807, 2.05) is 37.4 Å². The molecule has 0 saturated heterocycles. The highest BCUT2D eigenvalue weighted by Gasteiger charge is 2.31. The Morgan fingerprint density at radius 3 is 2.67 bits per heavy atom. The summed E-state index contributed by atoms with van der Waals surface area (Å²) in [6, 6.07) is 11.9. The molecule has 1 aliphatic rings. The highest BCUT2D eigenvalue weighted by atomic mass is 32.2. The number of halogens is 1. The number of benzene rings is 2. The number of aromatic nitrogens is 2. The van der Waals surface area contributed by atoms with Gasteiger partial charge in [0.15, 0.2) is 0 Å². The number of rotatable bonds is 6. The van der Waals surface area contributed by atoms with Crippen LogP contribution in [0.25, 0.3) is 0 Å². The number of anilines is 1. The summed E-state index contributed by atoms with van der Waals surface area (Å²) >= 11 is 1.60. The van der Waals surface area contributed by atoms with Gasteiger partial charge in [0.05, 0.1) is 5.69 Å². The first kappa shape index (κ1) is 20.3. The third-order valence-electron chi connectivity index (χ3n) is 5.08. The summed E-state index contributed by atoms with van der Waals surface area (Å²) in [5, 5.41) is 11.5. The molecule has 4 rings (SSSR count). The van der Waals surface area contributed by atoms with Gasteiger partial charge in [-0.15, -0.1) is 16.9 Å². The average molecular weight is 424 g/mol. The molecule has 154 valence electrons. The Bertz CT molecular complexity index is 1120. The molecule has 7 heteroatoms. The maximum atomic E-state index is 13.5. The van der Waals surface area contributed by atoms with Crippen molar-refractivity contribution < 1.29 is 13.9 Å². The Labute approximate surface area is 179 Å². The van der Waals surface area contributed by atoms with Crippen molar-refractivity contribution in [3.8, 4) is 11.6 Å². The van der Waals surface area contributed by atoms with E-state index >= 15 is 0 Å². The van der Waals surface area contributed by atoms with E-state index in [4.69, 9.17) is 4.74 Å². The zero-order chi connectivity index (χ0) is 21.3. The molecule has 0 radical (unpaired) electrons. The summed E-state index contributed by atoms with van der Waals surface area (Å²) in [6.07, 6.45) is 4.07. The lowest BCUT2D eigenvalue weighted by Crippen LogP contribution is -2.17. The molecule has 30 heavy (non-hydrogen) atoms. The molecule has 1 saturated carbocycles. The molecular weight excluding hydrogens is 401 g/mol. The van der Waals surface area contributed by atoms with Crippen LogP contribution in [0.15, 0.2) is 47.4 Å². The summed E-state index contributed by atoms with van der Waals surface area (Å²) in [5.74, 6) is 0.230. The zero-order valence-corrected chi connectivity index (χ0v) is 17.8. The summed E-state index contributed by atoms with van der Waals surface area (Å²) in [4.78, 5) is 14.3. The molecule has 1 aromatic heterocycles. The van der Waals surface area contributed by atoms with Crippen LogP contribution in [-0.2, 0) is 0 Å². The highest BCUT2D eigenvalue weighted by Crippen LogP contribution is 2.42. The molecule has 0 spiro atoms. The fraction of sp³-hybridized carbons (Fsp3) is 0.261. The van der Waals surface area contributed by atoms with Gasteiger partial charge >= 0.3 is 0 Å². The van der Waals surface area contributed by atoms with E-state index < -0.39 is 0 Å². The van der Waals surface area contributed by atoms with Gasteiger partial charge < -0.3 is 10.1 Å². The number of aryl methyl sites for hydroxylation is 1. The van der Waals surface area contributed by atoms with Crippen LogP contribution in [0, 0.1) is 19.7 Å². The number of hydrogen-bond donors (Lipinski definition) is 1. The largest absolute Gasteiger partial charge is 0.437 e. The van der Waals surface area contributed by atoms with Crippen LogP contribution in [0.4, 0.5) is 10.1 Å². The van der Waals surface area contributed by atoms with Crippen molar-refractivity contribution in [1.29, 1.82) is 0 Å². The molecule has 1 amide bonds. The number of carbonyl (C=O) groups is 1. The zero-order valence-electron chi connectivity index (χ0n) is 17.0. The molecule has 1 fully saturated rings. The first-order chi connectivity index (χ1) is 14.5. The Hall–Kier alpha value is -2.93. The van der Waals surface area contributed by atoms with E-state index in [9.17, 15) is 9.18 Å². The lowest BCUT2D eigenvalue weighted by Gasteiger charge is -2.15. The van der Waals surface area contributed by atoms with E-state index in [2.05, 4.69) is 15.5 Å². The number of hydrogen-bond acceptors (Lipinski definition) is 5. The Morgan fingerprint density at radius 1 is 1.17 bits per heavy atom. The quantitative estimate of drug-likeness (QED) is 0.502. The molecule has 1 heterocycles. The minimum absolute atomic E-state index is 0.116. The molecule has 0 aliphatic heterocycles. The number of thioether (sulfide) groups is 1. The first-order valence-electron chi connectivity index (χ1n) is 9.73. The monoisotopic (exact) mass is 423 g/mol. The second-order valence-electron chi connectivity index (χ2n) is 7.36. The molecule has 1 aliphatic carbocycles. The number of carbonyl (C=O) groups excluding carboxylic acids is 1. The fourth-order valence-corrected chi connectivity index (χ4v) is 3.78. The van der Waals surface area contributed by atoms with Crippen LogP contribution in [0.1, 0.15) is 45.9 Å². The summed E-state index contributed by atoms with van der Waals surface area (Å²) in [7, 11) is 0. The van der Waals surface area contributed by atoms with E-state index in [1.54, 1.807) is 18.7 Å². The topological polar surface area (TPSA) is 64.1 Å². The van der Waals surface area contributed by atoms with Crippen LogP contribution in [-0.4, -0.2) is 22.4 Å². The predicted molar refractivity (Wildman–Crippen MR) is 116 cm³/mol. The van der Waals surface area contributed by atoms with E-state index in [0.717, 1.165) is 29.0 Å². The number of nitrogens with one attached hydrogen (secondary N) is 1. The Balaban J connectivity index is 1.71. The van der Waals surface area contributed by atoms with Crippen LogP contribution in [0.5, 0.6) is 11.6 Å². The number of ether oxygens (including phenoxy) is 1. The van der Waals surface area contributed by atoms with Crippen molar-refractivity contribution in [2.75, 3.05) is 11.6 Å². The SMILES string of the molecule is CSc1cccc(NC(=O)c2c(Oc3ccc(F)cc3C)nnc(C3CC3)c2C)c1. The summed E-state index contributed by atoms with van der Waals surface area (Å²) in [6.45, 7) is 3.62. The minimum Gasteiger partial charge on any atom is -0.437 e. The molecule has 0 atom stereocenters. The molecular formula is C23H22FN3O2S. The maximum Gasteiger partial charge on any atom is 0.261 e. The molecule has 0 unspecified atom stereocenters. The fourth-order valence-electron chi connectivity index (χ4n) is 3.32. The minimum atomic E-state index is -0.349. The summed E-state index contributed by atoms with van der Waals surface area (Å²) < 4.78 is 19.4. The van der Waals surface area contributed by atoms with Crippen molar-refractivity contribution in [3.63, 3.8) is 0 Å². The standard InChI is InChI=1S/C23H22FN3O2S/c1-13-11-16(24)9-10-19(13)29-23-20(14(2)21(26-27-23)15-7-8-15)22(28)25-17-5-4-6-18(12-17)30-3/h4-6,9-12,15H,7-8H2,1-3H3,(H,25,28). The smallest absolute Gasteiger partial charge is 0.261 e. The van der Waals surface area contributed by atoms with Crippen molar-refractivity contribution in [2.45, 2.75) is 37.5 Å². The van der Waals surface area contributed by atoms with Gasteiger partial charge in [0, 0.05) is 16.5 Å². The Kier molecular flexibility index (Phi) is 5.72. The lowest BCUT2D eigenvalue weighted by atomic mass is 10.1. The van der Waals surface area contributed by atoms with Gasteiger partial charge in [-0.25, -0.2) is 4.39 Å². The van der Waals surface area contributed by atoms with Crippen molar-refractivity contribution in [1.82, 2.24) is 10.2 Å². The molecule has 0 bridgehead atoms. The second-order valence-corrected chi connectivity index (χ2v) is 8.24. The van der Waals surface area contributed by atoms with Gasteiger partial charge in [0.1, 0.15) is 17.1 Å². The molecule has 1 N–H and O–H groups in total. The molecule has 5 nitrogen and oxygen atoms in total. The molecule has 3 aromatic rings. The molecule has 2 aromatic carbocycles. The van der Waals surface area contributed by atoms with Crippen molar-refractivity contribution in [2.24, 2.45) is 0 Å². The van der Waals surface area contributed by atoms with E-state index in [-0.39, 0.29) is 17.6 Å². The summed E-state index contributed by atoms with van der Waals surface area (Å²) in [5.41, 5.74) is 3.26. The second kappa shape index (κ2) is 8.44. The third kappa shape index (κ3) is 4.31. The van der Waals surface area contributed by atoms with Gasteiger partial charge in [-0.05, 0) is 80.5 Å². The van der Waals surface area contributed by atoms with Crippen LogP contribution >= 0.6 is 11.8 Å². The average Bonchev–Trinajstić information content (AvgIpc) is 3.55. The first-order valence-corrected chi connectivity index (χ1v) is 11.0. The highest BCUT2D eigenvalue weighted by molar-refractivity contribution is 7.98. The van der Waals surface area contributed by atoms with Gasteiger partial charge in [0.2, 0.25) is 0 Å². The Morgan fingerprint density at radius 2 is 1.97 bits per heavy atom. The number of nitrogens with zero attached hydrogens (tertiary/aromatic N) is 2. The normalized spacial score (nSPS) is 13.2. The van der Waals surface area contributed by atoms with Gasteiger partial charge in [0.25, 0.3) is 11.8 Å². The van der Waals surface area contributed by atoms with Crippen molar-refractivity contribution in [3.05, 3.63) is 70.7 Å². The van der Waals surface area contributed by atoms with Gasteiger partial charge in [-0.1, -0.05) is 6.07 Å². The predicted octanol–water partition coefficient (Wildman–Crippen LogP) is 5.88. The van der Waals surface area contributed by atoms with E-state index in [1.165, 1.54) is 18.2 Å². The van der Waals surface area contributed by atoms with Crippen molar-refractivity contribution >= 4 is 23.4 Å². The van der Waals surface area contributed by atoms with Crippen LogP contribution in [0.3, 0.4) is 0 Å². The third-order valence-corrected chi connectivity index (χ3v) is 5.81. The van der Waals surface area contributed by atoms with Crippen LogP contribution < -0.4 is 10.1 Å². The lowest BCUT2D eigenvalue weighted by molar-refractivity contribution is 0.102. The van der Waals surface area contributed by atoms with Gasteiger partial charge in [-0.2, -0.15) is 5.10 Å². The van der Waals surface area contributed by atoms with Crippen LogP contribution in [0.2, 0.25) is 0 Å². The maximum absolute atomic E-state index is 13.5.